The zero-order chi connectivity index (χ0) is 19.6. The number of hydrogen-bond acceptors (Lipinski definition) is 3. The van der Waals surface area contributed by atoms with Gasteiger partial charge in [-0.25, -0.2) is 0 Å². The normalized spacial score (nSPS) is 10.5. The molecule has 0 unspecified atom stereocenters. The van der Waals surface area contributed by atoms with Crippen LogP contribution in [-0.2, 0) is 6.61 Å². The van der Waals surface area contributed by atoms with Gasteiger partial charge >= 0.3 is 0 Å². The Bertz CT molecular complexity index is 823. The molecule has 0 radical (unpaired) electrons. The van der Waals surface area contributed by atoms with Crippen LogP contribution >= 0.6 is 35.4 Å². The van der Waals surface area contributed by atoms with E-state index in [2.05, 4.69) is 22.4 Å². The molecule has 5 nitrogen and oxygen atoms in total. The lowest BCUT2D eigenvalue weighted by molar-refractivity contribution is -0.500. The lowest BCUT2D eigenvalue weighted by Gasteiger charge is -2.13. The van der Waals surface area contributed by atoms with Crippen molar-refractivity contribution in [2.24, 2.45) is 0 Å². The van der Waals surface area contributed by atoms with Crippen molar-refractivity contribution in [1.29, 1.82) is 0 Å². The molecule has 3 N–H and O–H groups in total. The smallest absolute Gasteiger partial charge is 0.224 e. The largest absolute Gasteiger partial charge is 0.493 e. The minimum Gasteiger partial charge on any atom is -0.493 e. The van der Waals surface area contributed by atoms with Gasteiger partial charge in [0.1, 0.15) is 6.61 Å². The van der Waals surface area contributed by atoms with E-state index in [-0.39, 0.29) is 6.61 Å². The van der Waals surface area contributed by atoms with E-state index in [1.165, 1.54) is 0 Å². The number of hydrazone groups is 1. The number of ether oxygens (including phenoxy) is 2. The third kappa shape index (κ3) is 6.13. The maximum Gasteiger partial charge on any atom is 0.224 e. The molecule has 0 aromatic heterocycles. The van der Waals surface area contributed by atoms with Gasteiger partial charge in [0, 0.05) is 22.2 Å². The lowest BCUT2D eigenvalue weighted by atomic mass is 10.2. The van der Waals surface area contributed by atoms with Gasteiger partial charge in [0.25, 0.3) is 0 Å². The van der Waals surface area contributed by atoms with E-state index < -0.39 is 0 Å². The first-order valence-corrected chi connectivity index (χ1v) is 9.19. The molecule has 2 aromatic rings. The first-order valence-electron chi connectivity index (χ1n) is 8.03. The highest BCUT2D eigenvalue weighted by Crippen LogP contribution is 2.32. The highest BCUT2D eigenvalue weighted by Gasteiger charge is 2.14. The summed E-state index contributed by atoms with van der Waals surface area (Å²) in [7, 11) is 1.58. The highest BCUT2D eigenvalue weighted by molar-refractivity contribution is 7.80. The Hall–Kier alpha value is -2.28. The van der Waals surface area contributed by atoms with E-state index in [0.717, 1.165) is 5.56 Å². The lowest BCUT2D eigenvalue weighted by Crippen LogP contribution is -2.82. The first-order chi connectivity index (χ1) is 13.1. The average Bonchev–Trinajstić information content (AvgIpc) is 2.66. The molecule has 0 saturated heterocycles. The number of halogens is 2. The molecular weight excluding hydrogens is 405 g/mol. The van der Waals surface area contributed by atoms with Crippen molar-refractivity contribution in [2.45, 2.75) is 6.61 Å². The maximum atomic E-state index is 6.22. The van der Waals surface area contributed by atoms with Crippen LogP contribution in [0.5, 0.6) is 11.5 Å². The molecule has 0 spiro atoms. The molecule has 0 bridgehead atoms. The van der Waals surface area contributed by atoms with Gasteiger partial charge < -0.3 is 14.8 Å². The predicted molar refractivity (Wildman–Crippen MR) is 114 cm³/mol. The Labute approximate surface area is 174 Å². The number of para-hydroxylation sites is 1. The number of methoxy groups -OCH3 is 1. The van der Waals surface area contributed by atoms with E-state index in [9.17, 15) is 0 Å². The van der Waals surface area contributed by atoms with Gasteiger partial charge in [-0.1, -0.05) is 41.4 Å². The Kier molecular flexibility index (Phi) is 8.39. The molecule has 0 aliphatic carbocycles. The summed E-state index contributed by atoms with van der Waals surface area (Å²) < 4.78 is 11.4. The van der Waals surface area contributed by atoms with Crippen molar-refractivity contribution in [3.63, 3.8) is 0 Å². The standard InChI is InChI=1S/C19H19Cl2N3O2S/c1-3-10-22-19(27)24-23-11-13-6-4-9-17(25-2)18(13)26-12-14-15(20)7-5-8-16(14)21/h3-9,11H,1,10,12H2,2H3,(H2,22,24,27)/p+1. The van der Waals surface area contributed by atoms with Crippen LogP contribution in [0.3, 0.4) is 0 Å². The Balaban J connectivity index is 2.17. The first kappa shape index (κ1) is 21.0. The monoisotopic (exact) mass is 424 g/mol. The zero-order valence-corrected chi connectivity index (χ0v) is 17.0. The summed E-state index contributed by atoms with van der Waals surface area (Å²) in [5.41, 5.74) is 4.32. The summed E-state index contributed by atoms with van der Waals surface area (Å²) >= 11 is 17.6. The Morgan fingerprint density at radius 2 is 1.93 bits per heavy atom. The molecule has 27 heavy (non-hydrogen) atoms. The van der Waals surface area contributed by atoms with Crippen molar-refractivity contribution < 1.29 is 14.6 Å². The predicted octanol–water partition coefficient (Wildman–Crippen LogP) is 2.65. The van der Waals surface area contributed by atoms with E-state index in [1.807, 2.05) is 18.2 Å². The quantitative estimate of drug-likeness (QED) is 0.263. The second kappa shape index (κ2) is 10.8. The third-order valence-electron chi connectivity index (χ3n) is 3.47. The Morgan fingerprint density at radius 1 is 1.22 bits per heavy atom. The van der Waals surface area contributed by atoms with E-state index in [1.54, 1.807) is 37.6 Å². The minimum absolute atomic E-state index is 0.201. The van der Waals surface area contributed by atoms with Crippen LogP contribution in [0.2, 0.25) is 10.0 Å². The molecule has 2 aromatic carbocycles. The molecule has 0 atom stereocenters. The molecule has 0 fully saturated rings. The van der Waals surface area contributed by atoms with Crippen LogP contribution in [0.15, 0.2) is 49.1 Å². The number of hydrogen-bond donors (Lipinski definition) is 3. The molecule has 8 heteroatoms. The van der Waals surface area contributed by atoms with Crippen LogP contribution in [0.4, 0.5) is 0 Å². The summed E-state index contributed by atoms with van der Waals surface area (Å²) in [6, 6.07) is 10.9. The number of rotatable bonds is 8. The fourth-order valence-corrected chi connectivity index (χ4v) is 2.81. The van der Waals surface area contributed by atoms with Crippen molar-refractivity contribution in [3.05, 3.63) is 70.2 Å². The molecule has 0 aliphatic rings. The van der Waals surface area contributed by atoms with Gasteiger partial charge in [-0.3, -0.25) is 0 Å². The minimum atomic E-state index is 0.201. The average molecular weight is 425 g/mol. The van der Waals surface area contributed by atoms with Crippen LogP contribution in [0.1, 0.15) is 11.1 Å². The second-order valence-electron chi connectivity index (χ2n) is 5.28. The summed E-state index contributed by atoms with van der Waals surface area (Å²) in [6.45, 7) is 4.39. The van der Waals surface area contributed by atoms with Gasteiger partial charge in [-0.2, -0.15) is 0 Å². The number of hydrazine groups is 1. The zero-order valence-electron chi connectivity index (χ0n) is 14.7. The van der Waals surface area contributed by atoms with E-state index in [0.29, 0.717) is 38.8 Å². The molecule has 142 valence electrons. The van der Waals surface area contributed by atoms with Gasteiger partial charge in [0.2, 0.25) is 11.3 Å². The SMILES string of the molecule is C=CCNC(=S)N[NH+]=Cc1cccc(OC)c1OCc1c(Cl)cccc1Cl. The summed E-state index contributed by atoms with van der Waals surface area (Å²) in [4.78, 5) is 0. The second-order valence-corrected chi connectivity index (χ2v) is 6.50. The van der Waals surface area contributed by atoms with Crippen molar-refractivity contribution in [2.75, 3.05) is 13.7 Å². The fraction of sp³-hybridized carbons (Fsp3) is 0.158. The topological polar surface area (TPSA) is 56.5 Å². The molecule has 0 saturated carbocycles. The summed E-state index contributed by atoms with van der Waals surface area (Å²) in [6.07, 6.45) is 3.43. The maximum absolute atomic E-state index is 6.22. The van der Waals surface area contributed by atoms with E-state index in [4.69, 9.17) is 44.9 Å². The summed E-state index contributed by atoms with van der Waals surface area (Å²) in [5, 5.41) is 7.40. The number of nitrogens with one attached hydrogen (secondary N) is 3. The van der Waals surface area contributed by atoms with Crippen LogP contribution in [-0.4, -0.2) is 25.0 Å². The van der Waals surface area contributed by atoms with Gasteiger partial charge in [0.05, 0.1) is 12.7 Å². The molecule has 2 rings (SSSR count). The molecule has 0 heterocycles. The van der Waals surface area contributed by atoms with Gasteiger partial charge in [0.15, 0.2) is 11.5 Å². The van der Waals surface area contributed by atoms with Crippen molar-refractivity contribution in [3.8, 4) is 11.5 Å². The van der Waals surface area contributed by atoms with Crippen LogP contribution in [0, 0.1) is 0 Å². The van der Waals surface area contributed by atoms with E-state index >= 15 is 0 Å². The number of thiocarbonyl (C=S) groups is 1. The fourth-order valence-electron chi connectivity index (χ4n) is 2.16. The molecular formula is C19H20Cl2N3O2S+. The molecule has 0 amide bonds. The van der Waals surface area contributed by atoms with Gasteiger partial charge in [-0.15, -0.1) is 17.1 Å². The third-order valence-corrected chi connectivity index (χ3v) is 4.43. The van der Waals surface area contributed by atoms with Gasteiger partial charge in [-0.05, 0) is 36.5 Å². The van der Waals surface area contributed by atoms with Crippen LogP contribution in [0.25, 0.3) is 0 Å². The van der Waals surface area contributed by atoms with Crippen molar-refractivity contribution >= 4 is 46.7 Å². The van der Waals surface area contributed by atoms with Crippen molar-refractivity contribution in [1.82, 2.24) is 10.7 Å². The highest BCUT2D eigenvalue weighted by atomic mass is 35.5. The molecule has 0 aliphatic heterocycles. The number of benzene rings is 2. The van der Waals surface area contributed by atoms with Crippen LogP contribution < -0.4 is 25.3 Å². The summed E-state index contributed by atoms with van der Waals surface area (Å²) in [5.74, 6) is 1.14. The Morgan fingerprint density at radius 3 is 2.59 bits per heavy atom.